The van der Waals surface area contributed by atoms with Crippen LogP contribution in [0, 0.1) is 0 Å². The van der Waals surface area contributed by atoms with Gasteiger partial charge in [0.1, 0.15) is 0 Å². The van der Waals surface area contributed by atoms with Crippen LogP contribution in [-0.2, 0) is 19.6 Å². The summed E-state index contributed by atoms with van der Waals surface area (Å²) in [5, 5.41) is 11.7. The minimum absolute atomic E-state index is 0.101. The number of nitrogens with one attached hydrogen (secondary N) is 2. The fourth-order valence-corrected chi connectivity index (χ4v) is 2.27. The van der Waals surface area contributed by atoms with Crippen molar-refractivity contribution in [3.05, 3.63) is 24.3 Å². The van der Waals surface area contributed by atoms with Crippen LogP contribution in [0.2, 0.25) is 0 Å². The van der Waals surface area contributed by atoms with Gasteiger partial charge in [-0.2, -0.15) is 0 Å². The maximum Gasteiger partial charge on any atom is 0.306 e. The number of sulfonamides is 1. The number of ether oxygens (including phenoxy) is 1. The molecule has 1 atom stereocenters. The van der Waals surface area contributed by atoms with Crippen LogP contribution in [0.5, 0.6) is 0 Å². The summed E-state index contributed by atoms with van der Waals surface area (Å²) in [6.45, 7) is 0.320. The predicted molar refractivity (Wildman–Crippen MR) is 74.2 cm³/mol. The zero-order valence-corrected chi connectivity index (χ0v) is 12.1. The first kappa shape index (κ1) is 16.4. The number of carboxylic acid groups (broad SMARTS) is 1. The second kappa shape index (κ2) is 7.22. The number of hydrogen-bond donors (Lipinski definition) is 3. The van der Waals surface area contributed by atoms with Gasteiger partial charge in [0, 0.05) is 19.3 Å². The molecular weight excluding hydrogens is 284 g/mol. The highest BCUT2D eigenvalue weighted by Crippen LogP contribution is 2.14. The van der Waals surface area contributed by atoms with E-state index < -0.39 is 22.1 Å². The van der Waals surface area contributed by atoms with Gasteiger partial charge < -0.3 is 15.2 Å². The zero-order valence-electron chi connectivity index (χ0n) is 11.3. The van der Waals surface area contributed by atoms with Crippen molar-refractivity contribution in [1.82, 2.24) is 4.72 Å². The molecule has 1 unspecified atom stereocenters. The van der Waals surface area contributed by atoms with Crippen LogP contribution in [0.1, 0.15) is 6.42 Å². The summed E-state index contributed by atoms with van der Waals surface area (Å²) in [7, 11) is -0.661. The van der Waals surface area contributed by atoms with Gasteiger partial charge in [-0.15, -0.1) is 0 Å². The Morgan fingerprint density at radius 1 is 1.35 bits per heavy atom. The lowest BCUT2D eigenvalue weighted by atomic mass is 10.2. The van der Waals surface area contributed by atoms with Crippen LogP contribution in [0.25, 0.3) is 0 Å². The lowest BCUT2D eigenvalue weighted by Gasteiger charge is -2.15. The van der Waals surface area contributed by atoms with Crippen molar-refractivity contribution in [3.8, 4) is 0 Å². The van der Waals surface area contributed by atoms with E-state index in [1.54, 1.807) is 12.1 Å². The van der Waals surface area contributed by atoms with E-state index in [2.05, 4.69) is 10.0 Å². The highest BCUT2D eigenvalue weighted by atomic mass is 32.2. The maximum absolute atomic E-state index is 11.5. The summed E-state index contributed by atoms with van der Waals surface area (Å²) in [4.78, 5) is 10.8. The number of anilines is 1. The lowest BCUT2D eigenvalue weighted by molar-refractivity contribution is -0.139. The van der Waals surface area contributed by atoms with E-state index in [0.29, 0.717) is 12.2 Å². The number of hydrogen-bond acceptors (Lipinski definition) is 5. The summed E-state index contributed by atoms with van der Waals surface area (Å²) in [5.74, 6) is -0.936. The van der Waals surface area contributed by atoms with Crippen LogP contribution in [0.15, 0.2) is 29.2 Å². The van der Waals surface area contributed by atoms with Crippen molar-refractivity contribution in [3.63, 3.8) is 0 Å². The van der Waals surface area contributed by atoms with Gasteiger partial charge in [0.25, 0.3) is 0 Å². The standard InChI is InChI=1S/C12H18N2O5S/c1-13-20(17,18)11-5-3-9(4-6-11)14-8-10(19-2)7-12(15)16/h3-6,10,13-14H,7-8H2,1-2H3,(H,15,16). The molecule has 0 aliphatic carbocycles. The van der Waals surface area contributed by atoms with Gasteiger partial charge in [-0.3, -0.25) is 4.79 Å². The molecule has 1 rings (SSSR count). The Bertz CT molecular complexity index is 541. The summed E-state index contributed by atoms with van der Waals surface area (Å²) in [6.07, 6.45) is -0.552. The van der Waals surface area contributed by atoms with E-state index in [9.17, 15) is 13.2 Å². The first-order valence-corrected chi connectivity index (χ1v) is 7.39. The quantitative estimate of drug-likeness (QED) is 0.646. The molecule has 0 radical (unpaired) electrons. The molecule has 0 saturated carbocycles. The summed E-state index contributed by atoms with van der Waals surface area (Å²) in [5.41, 5.74) is 0.687. The molecule has 7 nitrogen and oxygen atoms in total. The molecule has 0 heterocycles. The Morgan fingerprint density at radius 3 is 2.40 bits per heavy atom. The minimum atomic E-state index is -3.45. The van der Waals surface area contributed by atoms with Gasteiger partial charge in [-0.1, -0.05) is 0 Å². The van der Waals surface area contributed by atoms with Gasteiger partial charge in [0.05, 0.1) is 17.4 Å². The minimum Gasteiger partial charge on any atom is -0.481 e. The molecule has 0 bridgehead atoms. The fourth-order valence-electron chi connectivity index (χ4n) is 1.54. The van der Waals surface area contributed by atoms with Crippen LogP contribution in [0.4, 0.5) is 5.69 Å². The van der Waals surface area contributed by atoms with E-state index in [1.165, 1.54) is 26.3 Å². The molecule has 0 fully saturated rings. The predicted octanol–water partition coefficient (Wildman–Crippen LogP) is 0.496. The van der Waals surface area contributed by atoms with Gasteiger partial charge in [0.2, 0.25) is 10.0 Å². The largest absolute Gasteiger partial charge is 0.481 e. The first-order valence-electron chi connectivity index (χ1n) is 5.91. The lowest BCUT2D eigenvalue weighted by Crippen LogP contribution is -2.25. The SMILES string of the molecule is CNS(=O)(=O)c1ccc(NCC(CC(=O)O)OC)cc1. The zero-order chi connectivity index (χ0) is 15.2. The third-order valence-electron chi connectivity index (χ3n) is 2.70. The van der Waals surface area contributed by atoms with Crippen molar-refractivity contribution < 1.29 is 23.1 Å². The van der Waals surface area contributed by atoms with Crippen molar-refractivity contribution in [2.24, 2.45) is 0 Å². The number of rotatable bonds is 8. The maximum atomic E-state index is 11.5. The number of methoxy groups -OCH3 is 1. The monoisotopic (exact) mass is 302 g/mol. The molecule has 8 heteroatoms. The molecule has 0 aromatic heterocycles. The normalized spacial score (nSPS) is 12.9. The molecule has 0 amide bonds. The molecule has 1 aromatic carbocycles. The highest BCUT2D eigenvalue weighted by molar-refractivity contribution is 7.89. The molecule has 0 saturated heterocycles. The van der Waals surface area contributed by atoms with E-state index in [-0.39, 0.29) is 11.3 Å². The molecule has 112 valence electrons. The molecule has 0 aliphatic heterocycles. The molecule has 20 heavy (non-hydrogen) atoms. The molecule has 3 N–H and O–H groups in total. The van der Waals surface area contributed by atoms with E-state index in [4.69, 9.17) is 9.84 Å². The second-order valence-corrected chi connectivity index (χ2v) is 5.95. The average molecular weight is 302 g/mol. The van der Waals surface area contributed by atoms with Crippen LogP contribution >= 0.6 is 0 Å². The number of aliphatic carboxylic acids is 1. The second-order valence-electron chi connectivity index (χ2n) is 4.07. The summed E-state index contributed by atoms with van der Waals surface area (Å²) in [6, 6.07) is 6.15. The number of carbonyl (C=O) groups is 1. The third kappa shape index (κ3) is 4.80. The van der Waals surface area contributed by atoms with Gasteiger partial charge >= 0.3 is 5.97 Å². The average Bonchev–Trinajstić information content (AvgIpc) is 2.43. The smallest absolute Gasteiger partial charge is 0.306 e. The molecule has 1 aromatic rings. The topological polar surface area (TPSA) is 105 Å². The van der Waals surface area contributed by atoms with Crippen LogP contribution < -0.4 is 10.0 Å². The van der Waals surface area contributed by atoms with Crippen molar-refractivity contribution in [2.45, 2.75) is 17.4 Å². The van der Waals surface area contributed by atoms with E-state index in [0.717, 1.165) is 0 Å². The summed E-state index contributed by atoms with van der Waals surface area (Å²) >= 11 is 0. The molecule has 0 spiro atoms. The van der Waals surface area contributed by atoms with E-state index in [1.807, 2.05) is 0 Å². The Kier molecular flexibility index (Phi) is 5.93. The van der Waals surface area contributed by atoms with Crippen molar-refractivity contribution >= 4 is 21.7 Å². The van der Waals surface area contributed by atoms with Gasteiger partial charge in [0.15, 0.2) is 0 Å². The van der Waals surface area contributed by atoms with Crippen molar-refractivity contribution in [1.29, 1.82) is 0 Å². The third-order valence-corrected chi connectivity index (χ3v) is 4.13. The Labute approximate surface area is 118 Å². The van der Waals surface area contributed by atoms with E-state index >= 15 is 0 Å². The molecular formula is C12H18N2O5S. The molecule has 0 aliphatic rings. The Morgan fingerprint density at radius 2 is 1.95 bits per heavy atom. The van der Waals surface area contributed by atoms with Gasteiger partial charge in [-0.05, 0) is 31.3 Å². The van der Waals surface area contributed by atoms with Crippen LogP contribution in [0.3, 0.4) is 0 Å². The number of benzene rings is 1. The highest BCUT2D eigenvalue weighted by Gasteiger charge is 2.13. The van der Waals surface area contributed by atoms with Crippen molar-refractivity contribution in [2.75, 3.05) is 26.0 Å². The fraction of sp³-hybridized carbons (Fsp3) is 0.417. The number of carboxylic acids is 1. The van der Waals surface area contributed by atoms with Gasteiger partial charge in [-0.25, -0.2) is 13.1 Å². The van der Waals surface area contributed by atoms with Crippen LogP contribution in [-0.4, -0.2) is 46.3 Å². The first-order chi connectivity index (χ1) is 9.39. The summed E-state index contributed by atoms with van der Waals surface area (Å²) < 4.78 is 30.3. The Balaban J connectivity index is 2.64. The Hall–Kier alpha value is -1.64.